The van der Waals surface area contributed by atoms with E-state index in [0.717, 1.165) is 12.8 Å². The lowest BCUT2D eigenvalue weighted by Crippen LogP contribution is -2.12. The third-order valence-corrected chi connectivity index (χ3v) is 2.65. The van der Waals surface area contributed by atoms with Crippen LogP contribution in [-0.2, 0) is 23.8 Å². The minimum atomic E-state index is -0.302. The van der Waals surface area contributed by atoms with Gasteiger partial charge in [0.25, 0.3) is 0 Å². The summed E-state index contributed by atoms with van der Waals surface area (Å²) < 4.78 is 14.6. The van der Waals surface area contributed by atoms with Crippen molar-refractivity contribution in [2.24, 2.45) is 0 Å². The van der Waals surface area contributed by atoms with Crippen molar-refractivity contribution in [3.63, 3.8) is 0 Å². The van der Waals surface area contributed by atoms with Crippen molar-refractivity contribution in [1.29, 1.82) is 0 Å². The summed E-state index contributed by atoms with van der Waals surface area (Å²) in [6.45, 7) is 3.02. The molecule has 0 aliphatic heterocycles. The van der Waals surface area contributed by atoms with E-state index >= 15 is 0 Å². The molecule has 0 rings (SSSR count). The molecule has 0 heterocycles. The molecule has 0 saturated carbocycles. The minimum Gasteiger partial charge on any atom is -0.469 e. The molecule has 0 bridgehead atoms. The highest BCUT2D eigenvalue weighted by molar-refractivity contribution is 5.69. The number of carbonyl (C=O) groups is 2. The predicted molar refractivity (Wildman–Crippen MR) is 71.8 cm³/mol. The number of esters is 2. The minimum absolute atomic E-state index is 0.173. The highest BCUT2D eigenvalue weighted by atomic mass is 16.6. The molecule has 112 valence electrons. The van der Waals surface area contributed by atoms with Gasteiger partial charge in [-0.3, -0.25) is 9.59 Å². The van der Waals surface area contributed by atoms with Crippen LogP contribution in [0, 0.1) is 0 Å². The summed E-state index contributed by atoms with van der Waals surface area (Å²) in [6.07, 6.45) is 6.28. The first kappa shape index (κ1) is 17.9. The second-order valence-corrected chi connectivity index (χ2v) is 4.32. The molecule has 0 N–H and O–H groups in total. The molecule has 0 aliphatic carbocycles. The van der Waals surface area contributed by atoms with Crippen LogP contribution >= 0.6 is 0 Å². The fourth-order valence-electron chi connectivity index (χ4n) is 1.52. The molecule has 19 heavy (non-hydrogen) atoms. The van der Waals surface area contributed by atoms with Gasteiger partial charge in [0.15, 0.2) is 0 Å². The molecule has 0 fully saturated rings. The molecule has 0 saturated heterocycles. The van der Waals surface area contributed by atoms with Crippen LogP contribution in [0.1, 0.15) is 51.9 Å². The first-order valence-corrected chi connectivity index (χ1v) is 7.00. The lowest BCUT2D eigenvalue weighted by molar-refractivity contribution is -0.147. The Balaban J connectivity index is 3.22. The average molecular weight is 274 g/mol. The van der Waals surface area contributed by atoms with Gasteiger partial charge < -0.3 is 14.2 Å². The van der Waals surface area contributed by atoms with Crippen LogP contribution in [0.4, 0.5) is 0 Å². The van der Waals surface area contributed by atoms with Crippen LogP contribution in [0.25, 0.3) is 0 Å². The van der Waals surface area contributed by atoms with Gasteiger partial charge in [-0.2, -0.15) is 0 Å². The molecule has 0 aromatic rings. The predicted octanol–water partition coefficient (Wildman–Crippen LogP) is 2.47. The Kier molecular flexibility index (Phi) is 12.6. The van der Waals surface area contributed by atoms with Gasteiger partial charge in [-0.05, 0) is 6.42 Å². The van der Waals surface area contributed by atoms with Crippen molar-refractivity contribution in [3.8, 4) is 0 Å². The van der Waals surface area contributed by atoms with Gasteiger partial charge >= 0.3 is 11.9 Å². The van der Waals surface area contributed by atoms with Crippen molar-refractivity contribution in [2.75, 3.05) is 26.9 Å². The number of hydrogen-bond acceptors (Lipinski definition) is 5. The van der Waals surface area contributed by atoms with Crippen LogP contribution in [0.2, 0.25) is 0 Å². The summed E-state index contributed by atoms with van der Waals surface area (Å²) in [5.41, 5.74) is 0. The lowest BCUT2D eigenvalue weighted by Gasteiger charge is -2.05. The Bertz CT molecular complexity index is 240. The van der Waals surface area contributed by atoms with Crippen LogP contribution in [0.15, 0.2) is 0 Å². The van der Waals surface area contributed by atoms with Gasteiger partial charge in [-0.25, -0.2) is 0 Å². The van der Waals surface area contributed by atoms with Crippen LogP contribution in [0.5, 0.6) is 0 Å². The SMILES string of the molecule is CCCCCCCC(=O)OCCOCCC(=O)OC. The summed E-state index contributed by atoms with van der Waals surface area (Å²) in [6, 6.07) is 0. The molecule has 0 unspecified atom stereocenters. The molecule has 0 atom stereocenters. The summed E-state index contributed by atoms with van der Waals surface area (Å²) in [7, 11) is 1.34. The van der Waals surface area contributed by atoms with E-state index < -0.39 is 0 Å². The molecule has 0 radical (unpaired) electrons. The number of methoxy groups -OCH3 is 1. The van der Waals surface area contributed by atoms with E-state index in [1.165, 1.54) is 26.4 Å². The lowest BCUT2D eigenvalue weighted by atomic mass is 10.1. The Hall–Kier alpha value is -1.10. The summed E-state index contributed by atoms with van der Waals surface area (Å²) in [5.74, 6) is -0.475. The van der Waals surface area contributed by atoms with E-state index in [9.17, 15) is 9.59 Å². The van der Waals surface area contributed by atoms with Crippen molar-refractivity contribution in [1.82, 2.24) is 0 Å². The zero-order valence-electron chi connectivity index (χ0n) is 12.1. The zero-order chi connectivity index (χ0) is 14.3. The highest BCUT2D eigenvalue weighted by Gasteiger charge is 2.03. The summed E-state index contributed by atoms with van der Waals surface area (Å²) in [5, 5.41) is 0. The largest absolute Gasteiger partial charge is 0.469 e. The second-order valence-electron chi connectivity index (χ2n) is 4.32. The maximum absolute atomic E-state index is 11.3. The standard InChI is InChI=1S/C14H26O5/c1-3-4-5-6-7-8-14(16)19-12-11-18-10-9-13(15)17-2/h3-12H2,1-2H3. The monoisotopic (exact) mass is 274 g/mol. The van der Waals surface area contributed by atoms with Crippen molar-refractivity contribution < 1.29 is 23.8 Å². The fourth-order valence-corrected chi connectivity index (χ4v) is 1.52. The topological polar surface area (TPSA) is 61.8 Å². The maximum atomic E-state index is 11.3. The molecule has 5 nitrogen and oxygen atoms in total. The molecule has 5 heteroatoms. The van der Waals surface area contributed by atoms with Gasteiger partial charge in [-0.15, -0.1) is 0 Å². The van der Waals surface area contributed by atoms with E-state index in [1.807, 2.05) is 0 Å². The van der Waals surface area contributed by atoms with Crippen molar-refractivity contribution >= 4 is 11.9 Å². The number of unbranched alkanes of at least 4 members (excludes halogenated alkanes) is 4. The van der Waals surface area contributed by atoms with Gasteiger partial charge in [-0.1, -0.05) is 32.6 Å². The summed E-state index contributed by atoms with van der Waals surface area (Å²) in [4.78, 5) is 22.1. The normalized spacial score (nSPS) is 10.2. The molecule has 0 aromatic carbocycles. The van der Waals surface area contributed by atoms with Crippen LogP contribution in [0.3, 0.4) is 0 Å². The molecular weight excluding hydrogens is 248 g/mol. The number of rotatable bonds is 12. The Morgan fingerprint density at radius 2 is 1.58 bits per heavy atom. The number of ether oxygens (including phenoxy) is 3. The quantitative estimate of drug-likeness (QED) is 0.404. The molecule has 0 spiro atoms. The van der Waals surface area contributed by atoms with Crippen LogP contribution < -0.4 is 0 Å². The van der Waals surface area contributed by atoms with Gasteiger partial charge in [0.1, 0.15) is 6.61 Å². The van der Waals surface area contributed by atoms with Gasteiger partial charge in [0.05, 0.1) is 26.7 Å². The first-order valence-electron chi connectivity index (χ1n) is 7.00. The zero-order valence-corrected chi connectivity index (χ0v) is 12.1. The first-order chi connectivity index (χ1) is 9.20. The van der Waals surface area contributed by atoms with Crippen molar-refractivity contribution in [2.45, 2.75) is 51.9 Å². The third-order valence-electron chi connectivity index (χ3n) is 2.65. The average Bonchev–Trinajstić information content (AvgIpc) is 2.42. The molecular formula is C14H26O5. The van der Waals surface area contributed by atoms with E-state index in [2.05, 4.69) is 11.7 Å². The smallest absolute Gasteiger partial charge is 0.307 e. The molecule has 0 aliphatic rings. The van der Waals surface area contributed by atoms with Gasteiger partial charge in [0, 0.05) is 6.42 Å². The number of carbonyl (C=O) groups excluding carboxylic acids is 2. The molecule has 0 amide bonds. The maximum Gasteiger partial charge on any atom is 0.307 e. The molecule has 0 aromatic heterocycles. The van der Waals surface area contributed by atoms with Crippen LogP contribution in [-0.4, -0.2) is 38.9 Å². The Labute approximate surface area is 115 Å². The van der Waals surface area contributed by atoms with E-state index in [1.54, 1.807) is 0 Å². The van der Waals surface area contributed by atoms with E-state index in [-0.39, 0.29) is 25.0 Å². The van der Waals surface area contributed by atoms with Gasteiger partial charge in [0.2, 0.25) is 0 Å². The Morgan fingerprint density at radius 1 is 0.842 bits per heavy atom. The third kappa shape index (κ3) is 13.1. The number of hydrogen-bond donors (Lipinski definition) is 0. The van der Waals surface area contributed by atoms with Crippen molar-refractivity contribution in [3.05, 3.63) is 0 Å². The Morgan fingerprint density at radius 3 is 2.26 bits per heavy atom. The highest BCUT2D eigenvalue weighted by Crippen LogP contribution is 2.05. The van der Waals surface area contributed by atoms with E-state index in [4.69, 9.17) is 9.47 Å². The summed E-state index contributed by atoms with van der Waals surface area (Å²) >= 11 is 0. The van der Waals surface area contributed by atoms with E-state index in [0.29, 0.717) is 19.6 Å². The fraction of sp³-hybridized carbons (Fsp3) is 0.857. The second kappa shape index (κ2) is 13.3.